The van der Waals surface area contributed by atoms with Crippen LogP contribution in [0.5, 0.6) is 0 Å². The molecule has 0 spiro atoms. The van der Waals surface area contributed by atoms with Crippen LogP contribution < -0.4 is 10.6 Å². The largest absolute Gasteiger partial charge is 0.362 e. The Morgan fingerprint density at radius 3 is 2.71 bits per heavy atom. The average molecular weight is 298 g/mol. The molecule has 9 nitrogen and oxygen atoms in total. The van der Waals surface area contributed by atoms with Gasteiger partial charge in [-0.2, -0.15) is 0 Å². The molecule has 2 saturated heterocycles. The second-order valence-corrected chi connectivity index (χ2v) is 5.11. The number of hydrogen-bond donors (Lipinski definition) is 2. The summed E-state index contributed by atoms with van der Waals surface area (Å²) in [4.78, 5) is 49.2. The Morgan fingerprint density at radius 1 is 1.43 bits per heavy atom. The second kappa shape index (κ2) is 5.68. The Kier molecular flexibility index (Phi) is 4.12. The van der Waals surface area contributed by atoms with E-state index in [2.05, 4.69) is 10.6 Å². The first-order valence-corrected chi connectivity index (χ1v) is 6.59. The number of likely N-dealkylation sites (N-methyl/N-ethyl adjacent to an activating group) is 1. The summed E-state index contributed by atoms with van der Waals surface area (Å²) in [5.41, 5.74) is -1.13. The third-order valence-electron chi connectivity index (χ3n) is 3.56. The molecule has 2 aliphatic rings. The van der Waals surface area contributed by atoms with Gasteiger partial charge in [0.25, 0.3) is 11.8 Å². The molecule has 0 bridgehead atoms. The van der Waals surface area contributed by atoms with E-state index in [0.717, 1.165) is 4.90 Å². The van der Waals surface area contributed by atoms with Gasteiger partial charge >= 0.3 is 6.03 Å². The van der Waals surface area contributed by atoms with E-state index in [1.165, 1.54) is 11.9 Å². The maximum Gasteiger partial charge on any atom is 0.325 e. The van der Waals surface area contributed by atoms with Crippen LogP contribution in [0.25, 0.3) is 0 Å². The van der Waals surface area contributed by atoms with Gasteiger partial charge in [-0.15, -0.1) is 0 Å². The van der Waals surface area contributed by atoms with Gasteiger partial charge in [0, 0.05) is 13.6 Å². The summed E-state index contributed by atoms with van der Waals surface area (Å²) in [7, 11) is 1.49. The molecule has 0 aliphatic carbocycles. The highest BCUT2D eigenvalue weighted by Crippen LogP contribution is 2.18. The maximum absolute atomic E-state index is 12.2. The van der Waals surface area contributed by atoms with Gasteiger partial charge in [-0.3, -0.25) is 19.3 Å². The van der Waals surface area contributed by atoms with E-state index in [1.54, 1.807) is 6.92 Å². The molecule has 1 atom stereocenters. The molecule has 9 heteroatoms. The molecule has 2 heterocycles. The van der Waals surface area contributed by atoms with E-state index in [-0.39, 0.29) is 38.1 Å². The lowest BCUT2D eigenvalue weighted by Gasteiger charge is -2.39. The molecular formula is C12H18N4O5. The first-order valence-electron chi connectivity index (χ1n) is 6.59. The topological polar surface area (TPSA) is 108 Å². The lowest BCUT2D eigenvalue weighted by molar-refractivity contribution is -0.163. The summed E-state index contributed by atoms with van der Waals surface area (Å²) in [6.07, 6.45) is 0. The second-order valence-electron chi connectivity index (χ2n) is 5.11. The summed E-state index contributed by atoms with van der Waals surface area (Å²) in [5, 5.41) is 4.84. The number of rotatable bonds is 3. The number of nitrogens with one attached hydrogen (secondary N) is 2. The van der Waals surface area contributed by atoms with E-state index in [9.17, 15) is 19.2 Å². The van der Waals surface area contributed by atoms with Crippen LogP contribution in [0.3, 0.4) is 0 Å². The van der Waals surface area contributed by atoms with Crippen molar-refractivity contribution in [3.8, 4) is 0 Å². The Balaban J connectivity index is 2.01. The molecule has 0 aromatic carbocycles. The molecule has 0 saturated carbocycles. The average Bonchev–Trinajstić information content (AvgIpc) is 2.78. The fraction of sp³-hybridized carbons (Fsp3) is 0.667. The van der Waals surface area contributed by atoms with Crippen molar-refractivity contribution in [1.29, 1.82) is 0 Å². The summed E-state index contributed by atoms with van der Waals surface area (Å²) >= 11 is 0. The van der Waals surface area contributed by atoms with Crippen LogP contribution in [0.15, 0.2) is 0 Å². The van der Waals surface area contributed by atoms with Crippen LogP contribution in [-0.2, 0) is 19.1 Å². The van der Waals surface area contributed by atoms with Crippen LogP contribution in [-0.4, -0.2) is 79.0 Å². The van der Waals surface area contributed by atoms with Gasteiger partial charge in [0.2, 0.25) is 5.91 Å². The molecule has 0 aromatic heterocycles. The number of ether oxygens (including phenoxy) is 1. The molecule has 5 amide bonds. The number of amides is 5. The van der Waals surface area contributed by atoms with Crippen molar-refractivity contribution in [3.05, 3.63) is 0 Å². The molecule has 2 rings (SSSR count). The van der Waals surface area contributed by atoms with Crippen molar-refractivity contribution in [2.45, 2.75) is 12.5 Å². The number of carbonyl (C=O) groups is 4. The Labute approximate surface area is 121 Å². The van der Waals surface area contributed by atoms with Gasteiger partial charge in [0.15, 0.2) is 5.60 Å². The van der Waals surface area contributed by atoms with Crippen LogP contribution in [0.2, 0.25) is 0 Å². The van der Waals surface area contributed by atoms with Crippen molar-refractivity contribution >= 4 is 23.8 Å². The monoisotopic (exact) mass is 298 g/mol. The Morgan fingerprint density at radius 2 is 2.14 bits per heavy atom. The Hall–Kier alpha value is -2.16. The van der Waals surface area contributed by atoms with Crippen molar-refractivity contribution in [2.24, 2.45) is 0 Å². The smallest absolute Gasteiger partial charge is 0.325 e. The molecule has 2 N–H and O–H groups in total. The van der Waals surface area contributed by atoms with Crippen LogP contribution >= 0.6 is 0 Å². The minimum atomic E-state index is -1.13. The maximum atomic E-state index is 12.2. The normalized spacial score (nSPS) is 25.8. The van der Waals surface area contributed by atoms with E-state index in [0.29, 0.717) is 6.54 Å². The first-order chi connectivity index (χ1) is 9.87. The number of nitrogens with zero attached hydrogens (tertiary/aromatic N) is 2. The minimum Gasteiger partial charge on any atom is -0.362 e. The van der Waals surface area contributed by atoms with Crippen molar-refractivity contribution in [3.63, 3.8) is 0 Å². The predicted molar refractivity (Wildman–Crippen MR) is 70.1 cm³/mol. The van der Waals surface area contributed by atoms with Crippen molar-refractivity contribution in [2.75, 3.05) is 39.8 Å². The number of carbonyl (C=O) groups excluding carboxylic acids is 4. The summed E-state index contributed by atoms with van der Waals surface area (Å²) in [5.74, 6) is -1.15. The highest BCUT2D eigenvalue weighted by molar-refractivity contribution is 6.04. The zero-order valence-electron chi connectivity index (χ0n) is 12.0. The molecule has 2 aliphatic heterocycles. The summed E-state index contributed by atoms with van der Waals surface area (Å²) < 4.78 is 5.45. The van der Waals surface area contributed by atoms with Crippen molar-refractivity contribution in [1.82, 2.24) is 20.4 Å². The summed E-state index contributed by atoms with van der Waals surface area (Å²) in [6, 6.07) is -0.573. The van der Waals surface area contributed by atoms with Crippen LogP contribution in [0.1, 0.15) is 6.92 Å². The molecule has 0 aromatic rings. The van der Waals surface area contributed by atoms with Crippen molar-refractivity contribution < 1.29 is 23.9 Å². The predicted octanol–water partition coefficient (Wildman–Crippen LogP) is -2.10. The summed E-state index contributed by atoms with van der Waals surface area (Å²) in [6.45, 7) is 1.79. The zero-order chi connectivity index (χ0) is 15.6. The minimum absolute atomic E-state index is 0.0785. The van der Waals surface area contributed by atoms with Crippen LogP contribution in [0.4, 0.5) is 4.79 Å². The van der Waals surface area contributed by atoms with Gasteiger partial charge in [-0.05, 0) is 6.92 Å². The molecule has 2 fully saturated rings. The third-order valence-corrected chi connectivity index (χ3v) is 3.56. The van der Waals surface area contributed by atoms with Gasteiger partial charge in [0.05, 0.1) is 19.7 Å². The molecule has 21 heavy (non-hydrogen) atoms. The lowest BCUT2D eigenvalue weighted by Crippen LogP contribution is -2.60. The van der Waals surface area contributed by atoms with Gasteiger partial charge < -0.3 is 20.3 Å². The highest BCUT2D eigenvalue weighted by Gasteiger charge is 2.41. The molecule has 116 valence electrons. The van der Waals surface area contributed by atoms with Crippen LogP contribution in [0, 0.1) is 0 Å². The van der Waals surface area contributed by atoms with E-state index in [4.69, 9.17) is 4.74 Å². The quantitative estimate of drug-likeness (QED) is 0.580. The zero-order valence-corrected chi connectivity index (χ0v) is 12.0. The molecule has 1 unspecified atom stereocenters. The van der Waals surface area contributed by atoms with E-state index < -0.39 is 17.5 Å². The lowest BCUT2D eigenvalue weighted by atomic mass is 10.0. The van der Waals surface area contributed by atoms with Gasteiger partial charge in [-0.25, -0.2) is 4.79 Å². The van der Waals surface area contributed by atoms with E-state index >= 15 is 0 Å². The number of urea groups is 1. The number of morpholine rings is 1. The van der Waals surface area contributed by atoms with E-state index in [1.807, 2.05) is 0 Å². The number of imide groups is 1. The molecular weight excluding hydrogens is 280 g/mol. The van der Waals surface area contributed by atoms with Gasteiger partial charge in [0.1, 0.15) is 6.54 Å². The Bertz CT molecular complexity index is 478. The standard InChI is InChI=1S/C12H18N4O5/c1-12(10(19)13-2)7-15(3-4-21-12)9(18)6-16-8(17)5-14-11(16)20/h3-7H2,1-2H3,(H,13,19)(H,14,20). The SMILES string of the molecule is CNC(=O)C1(C)CN(C(=O)CN2C(=O)CNC2=O)CCO1. The van der Waals surface area contributed by atoms with Gasteiger partial charge in [-0.1, -0.05) is 0 Å². The fourth-order valence-corrected chi connectivity index (χ4v) is 2.34. The fourth-order valence-electron chi connectivity index (χ4n) is 2.34. The third kappa shape index (κ3) is 2.97. The molecule has 0 radical (unpaired) electrons. The first kappa shape index (κ1) is 15.2. The highest BCUT2D eigenvalue weighted by atomic mass is 16.5. The number of hydrogen-bond acceptors (Lipinski definition) is 5.